The molecule has 0 radical (unpaired) electrons. The van der Waals surface area contributed by atoms with Gasteiger partial charge in [0.15, 0.2) is 12.3 Å². The minimum Gasteiger partial charge on any atom is -0.451 e. The summed E-state index contributed by atoms with van der Waals surface area (Å²) in [7, 11) is 0. The first-order chi connectivity index (χ1) is 12.6. The quantitative estimate of drug-likeness (QED) is 0.529. The van der Waals surface area contributed by atoms with Crippen LogP contribution in [0.25, 0.3) is 10.8 Å². The van der Waals surface area contributed by atoms with Crippen LogP contribution in [0, 0.1) is 0 Å². The summed E-state index contributed by atoms with van der Waals surface area (Å²) in [5, 5.41) is 9.33. The lowest BCUT2D eigenvalue weighted by Crippen LogP contribution is -2.22. The molecule has 0 aliphatic rings. The van der Waals surface area contributed by atoms with Crippen LogP contribution in [0.2, 0.25) is 0 Å². The summed E-state index contributed by atoms with van der Waals surface area (Å²) in [6.45, 7) is -0.460. The lowest BCUT2D eigenvalue weighted by Gasteiger charge is -2.08. The number of nitrogens with zero attached hydrogens (tertiary/aromatic N) is 1. The van der Waals surface area contributed by atoms with E-state index < -0.39 is 24.0 Å². The van der Waals surface area contributed by atoms with Crippen LogP contribution < -0.4 is 10.9 Å². The van der Waals surface area contributed by atoms with Gasteiger partial charge in [0, 0.05) is 16.0 Å². The number of carbonyl (C=O) groups is 2. The van der Waals surface area contributed by atoms with Crippen molar-refractivity contribution in [2.75, 3.05) is 18.2 Å². The Bertz CT molecular complexity index is 1010. The van der Waals surface area contributed by atoms with E-state index in [1.54, 1.807) is 48.2 Å². The van der Waals surface area contributed by atoms with Gasteiger partial charge in [-0.05, 0) is 36.6 Å². The van der Waals surface area contributed by atoms with Crippen LogP contribution in [0.4, 0.5) is 5.69 Å². The van der Waals surface area contributed by atoms with Gasteiger partial charge in [0.05, 0.1) is 5.39 Å². The highest BCUT2D eigenvalue weighted by Gasteiger charge is 2.16. The topological polar surface area (TPSA) is 101 Å². The SMILES string of the molecule is CSc1ccc(NC(=O)COC(=O)c2n[nH]c(=O)c3ccccc23)cc1. The highest BCUT2D eigenvalue weighted by atomic mass is 32.2. The van der Waals surface area contributed by atoms with E-state index in [0.29, 0.717) is 16.5 Å². The number of thioether (sulfide) groups is 1. The van der Waals surface area contributed by atoms with Crippen LogP contribution in [0.3, 0.4) is 0 Å². The van der Waals surface area contributed by atoms with Crippen LogP contribution in [-0.4, -0.2) is 34.9 Å². The van der Waals surface area contributed by atoms with Gasteiger partial charge in [0.25, 0.3) is 11.5 Å². The molecule has 26 heavy (non-hydrogen) atoms. The van der Waals surface area contributed by atoms with Gasteiger partial charge in [-0.1, -0.05) is 18.2 Å². The summed E-state index contributed by atoms with van der Waals surface area (Å²) in [5.74, 6) is -1.26. The van der Waals surface area contributed by atoms with E-state index in [0.717, 1.165) is 4.90 Å². The van der Waals surface area contributed by atoms with Crippen molar-refractivity contribution in [1.29, 1.82) is 0 Å². The smallest absolute Gasteiger partial charge is 0.359 e. The molecule has 0 saturated heterocycles. The second kappa shape index (κ2) is 7.83. The van der Waals surface area contributed by atoms with Crippen molar-refractivity contribution in [2.45, 2.75) is 4.90 Å². The van der Waals surface area contributed by atoms with E-state index in [-0.39, 0.29) is 5.69 Å². The Balaban J connectivity index is 1.66. The van der Waals surface area contributed by atoms with E-state index in [4.69, 9.17) is 4.74 Å². The Kier molecular flexibility index (Phi) is 5.33. The van der Waals surface area contributed by atoms with Gasteiger partial charge in [0.2, 0.25) is 0 Å². The molecule has 0 spiro atoms. The highest BCUT2D eigenvalue weighted by molar-refractivity contribution is 7.98. The highest BCUT2D eigenvalue weighted by Crippen LogP contribution is 2.17. The predicted molar refractivity (Wildman–Crippen MR) is 99.5 cm³/mol. The Hall–Kier alpha value is -3.13. The van der Waals surface area contributed by atoms with Crippen LogP contribution in [-0.2, 0) is 9.53 Å². The van der Waals surface area contributed by atoms with E-state index in [1.165, 1.54) is 0 Å². The lowest BCUT2D eigenvalue weighted by molar-refractivity contribution is -0.119. The van der Waals surface area contributed by atoms with Gasteiger partial charge in [-0.15, -0.1) is 11.8 Å². The molecule has 1 heterocycles. The van der Waals surface area contributed by atoms with Gasteiger partial charge in [-0.2, -0.15) is 5.10 Å². The van der Waals surface area contributed by atoms with E-state index in [2.05, 4.69) is 15.5 Å². The fourth-order valence-electron chi connectivity index (χ4n) is 2.34. The summed E-state index contributed by atoms with van der Waals surface area (Å²) in [4.78, 5) is 37.0. The molecule has 1 aromatic heterocycles. The summed E-state index contributed by atoms with van der Waals surface area (Å²) >= 11 is 1.60. The standard InChI is InChI=1S/C18H15N3O4S/c1-26-12-8-6-11(7-9-12)19-15(22)10-25-18(24)16-13-4-2-3-5-14(13)17(23)21-20-16/h2-9H,10H2,1H3,(H,19,22)(H,21,23). The molecule has 7 nitrogen and oxygen atoms in total. The van der Waals surface area contributed by atoms with Crippen LogP contribution in [0.15, 0.2) is 58.2 Å². The summed E-state index contributed by atoms with van der Waals surface area (Å²) < 4.78 is 5.02. The molecule has 8 heteroatoms. The number of anilines is 1. The minimum absolute atomic E-state index is 0.0441. The molecule has 0 unspecified atom stereocenters. The molecule has 3 rings (SSSR count). The Morgan fingerprint density at radius 3 is 2.50 bits per heavy atom. The third kappa shape index (κ3) is 3.92. The van der Waals surface area contributed by atoms with Crippen molar-refractivity contribution in [3.63, 3.8) is 0 Å². The van der Waals surface area contributed by atoms with Gasteiger partial charge < -0.3 is 10.1 Å². The lowest BCUT2D eigenvalue weighted by atomic mass is 10.1. The molecule has 0 bridgehead atoms. The second-order valence-corrected chi connectivity index (χ2v) is 6.18. The van der Waals surface area contributed by atoms with E-state index >= 15 is 0 Å². The molecule has 0 aliphatic heterocycles. The summed E-state index contributed by atoms with van der Waals surface area (Å²) in [6.07, 6.45) is 1.96. The first kappa shape index (κ1) is 17.7. The summed E-state index contributed by atoms with van der Waals surface area (Å²) in [6, 6.07) is 13.8. The van der Waals surface area contributed by atoms with Crippen LogP contribution >= 0.6 is 11.8 Å². The number of H-pyrrole nitrogens is 1. The Morgan fingerprint density at radius 2 is 1.81 bits per heavy atom. The van der Waals surface area contributed by atoms with Crippen molar-refractivity contribution in [1.82, 2.24) is 10.2 Å². The number of nitrogens with one attached hydrogen (secondary N) is 2. The van der Waals surface area contributed by atoms with Crippen molar-refractivity contribution in [3.05, 3.63) is 64.6 Å². The summed E-state index contributed by atoms with van der Waals surface area (Å²) in [5.41, 5.74) is 0.164. The Morgan fingerprint density at radius 1 is 1.12 bits per heavy atom. The van der Waals surface area contributed by atoms with Gasteiger partial charge in [0.1, 0.15) is 0 Å². The second-order valence-electron chi connectivity index (χ2n) is 5.30. The zero-order valence-corrected chi connectivity index (χ0v) is 14.6. The minimum atomic E-state index is -0.787. The van der Waals surface area contributed by atoms with E-state index in [9.17, 15) is 14.4 Å². The molecule has 0 aliphatic carbocycles. The molecule has 0 saturated carbocycles. The maximum Gasteiger partial charge on any atom is 0.359 e. The van der Waals surface area contributed by atoms with Crippen molar-refractivity contribution < 1.29 is 14.3 Å². The number of fused-ring (bicyclic) bond motifs is 1. The molecule has 132 valence electrons. The van der Waals surface area contributed by atoms with Gasteiger partial charge >= 0.3 is 5.97 Å². The fourth-order valence-corrected chi connectivity index (χ4v) is 2.75. The monoisotopic (exact) mass is 369 g/mol. The maximum atomic E-state index is 12.2. The number of hydrogen-bond acceptors (Lipinski definition) is 6. The molecule has 0 atom stereocenters. The Labute approximate surface area is 152 Å². The van der Waals surface area contributed by atoms with Crippen LogP contribution in [0.5, 0.6) is 0 Å². The zero-order chi connectivity index (χ0) is 18.5. The third-order valence-corrected chi connectivity index (χ3v) is 4.34. The number of esters is 1. The molecule has 2 N–H and O–H groups in total. The average molecular weight is 369 g/mol. The zero-order valence-electron chi connectivity index (χ0n) is 13.8. The van der Waals surface area contributed by atoms with Gasteiger partial charge in [-0.3, -0.25) is 9.59 Å². The fraction of sp³-hybridized carbons (Fsp3) is 0.111. The van der Waals surface area contributed by atoms with Crippen molar-refractivity contribution in [2.24, 2.45) is 0 Å². The number of amides is 1. The first-order valence-corrected chi connectivity index (χ1v) is 8.89. The first-order valence-electron chi connectivity index (χ1n) is 7.67. The molecule has 2 aromatic carbocycles. The molecular weight excluding hydrogens is 354 g/mol. The normalized spacial score (nSPS) is 10.5. The molecule has 3 aromatic rings. The molecule has 0 fully saturated rings. The predicted octanol–water partition coefficient (Wildman–Crippen LogP) is 2.44. The van der Waals surface area contributed by atoms with E-state index in [1.807, 2.05) is 18.4 Å². The number of hydrogen-bond donors (Lipinski definition) is 2. The number of rotatable bonds is 5. The van der Waals surface area contributed by atoms with Crippen molar-refractivity contribution in [3.8, 4) is 0 Å². The molecular formula is C18H15N3O4S. The number of benzene rings is 2. The third-order valence-electron chi connectivity index (χ3n) is 3.60. The number of aromatic amines is 1. The maximum absolute atomic E-state index is 12.2. The largest absolute Gasteiger partial charge is 0.451 e. The molecule has 1 amide bonds. The average Bonchev–Trinajstić information content (AvgIpc) is 2.67. The van der Waals surface area contributed by atoms with Crippen molar-refractivity contribution >= 4 is 40.1 Å². The van der Waals surface area contributed by atoms with Gasteiger partial charge in [-0.25, -0.2) is 9.89 Å². The number of ether oxygens (including phenoxy) is 1. The number of aromatic nitrogens is 2. The van der Waals surface area contributed by atoms with Crippen LogP contribution in [0.1, 0.15) is 10.5 Å². The number of carbonyl (C=O) groups excluding carboxylic acids is 2.